The predicted molar refractivity (Wildman–Crippen MR) is 177 cm³/mol. The van der Waals surface area contributed by atoms with Crippen LogP contribution >= 0.6 is 0 Å². The lowest BCUT2D eigenvalue weighted by molar-refractivity contribution is 0.102. The zero-order chi connectivity index (χ0) is 32.1. The summed E-state index contributed by atoms with van der Waals surface area (Å²) in [6.07, 6.45) is 3.29. The smallest absolute Gasteiger partial charge is 0.262 e. The lowest BCUT2D eigenvalue weighted by atomic mass is 10.1. The van der Waals surface area contributed by atoms with Gasteiger partial charge in [-0.3, -0.25) is 4.79 Å². The highest BCUT2D eigenvalue weighted by Crippen LogP contribution is 2.35. The normalized spacial score (nSPS) is 15.1. The molecule has 10 heteroatoms. The summed E-state index contributed by atoms with van der Waals surface area (Å²) in [5.74, 6) is 0.338. The van der Waals surface area contributed by atoms with Crippen LogP contribution in [0, 0.1) is 19.7 Å². The minimum Gasteiger partial charge on any atom is -0.493 e. The lowest BCUT2D eigenvalue weighted by Gasteiger charge is -2.39. The van der Waals surface area contributed by atoms with Crippen molar-refractivity contribution in [1.82, 2.24) is 14.9 Å². The van der Waals surface area contributed by atoms with Gasteiger partial charge in [-0.15, -0.1) is 0 Å². The second-order valence-corrected chi connectivity index (χ2v) is 11.5. The van der Waals surface area contributed by atoms with Crippen molar-refractivity contribution in [3.8, 4) is 17.4 Å². The zero-order valence-electron chi connectivity index (χ0n) is 26.8. The first kappa shape index (κ1) is 31.7. The number of rotatable bonds is 10. The first-order valence-electron chi connectivity index (χ1n) is 15.3. The Labute approximate surface area is 264 Å². The molecular weight excluding hydrogens is 571 g/mol. The van der Waals surface area contributed by atoms with Crippen molar-refractivity contribution in [3.05, 3.63) is 88.9 Å². The fraction of sp³-hybridized carbons (Fsp3) is 0.343. The topological polar surface area (TPSA) is 91.9 Å². The van der Waals surface area contributed by atoms with Gasteiger partial charge in [0.15, 0.2) is 11.5 Å². The molecule has 1 fully saturated rings. The van der Waals surface area contributed by atoms with Crippen molar-refractivity contribution in [1.29, 1.82) is 0 Å². The zero-order valence-corrected chi connectivity index (χ0v) is 26.8. The number of benzene rings is 3. The van der Waals surface area contributed by atoms with Crippen molar-refractivity contribution in [2.45, 2.75) is 46.6 Å². The molecule has 5 rings (SSSR count). The van der Waals surface area contributed by atoms with Gasteiger partial charge in [0.1, 0.15) is 11.4 Å². The molecule has 45 heavy (non-hydrogen) atoms. The van der Waals surface area contributed by atoms with Gasteiger partial charge in [-0.05, 0) is 81.3 Å². The van der Waals surface area contributed by atoms with E-state index in [1.807, 2.05) is 44.2 Å². The number of nitrogens with zero attached hydrogens (tertiary/aromatic N) is 4. The summed E-state index contributed by atoms with van der Waals surface area (Å²) in [4.78, 5) is 26.9. The molecule has 236 valence electrons. The average molecular weight is 613 g/mol. The van der Waals surface area contributed by atoms with Crippen molar-refractivity contribution in [3.63, 3.8) is 0 Å². The molecule has 1 atom stereocenters. The van der Waals surface area contributed by atoms with E-state index >= 15 is 4.39 Å². The van der Waals surface area contributed by atoms with E-state index in [1.165, 1.54) is 12.3 Å². The van der Waals surface area contributed by atoms with Gasteiger partial charge >= 0.3 is 0 Å². The van der Waals surface area contributed by atoms with Crippen molar-refractivity contribution < 1.29 is 18.7 Å². The molecule has 4 aromatic rings. The van der Waals surface area contributed by atoms with E-state index in [9.17, 15) is 4.79 Å². The molecule has 9 nitrogen and oxygen atoms in total. The number of anilines is 4. The van der Waals surface area contributed by atoms with Crippen LogP contribution in [-0.2, 0) is 6.42 Å². The maximum Gasteiger partial charge on any atom is 0.262 e. The standard InChI is InChI=1S/C35H41FN6O3/c1-7-9-25-12-15-30(31(18-25)44-6)45-34-27(33(43)39-32-22(2)10-8-11-23(32)3)20-37-35(40-34)38-26-13-14-29(28(36)19-26)42-17-16-41(5)24(4)21-42/h8,10-15,18-20,24H,7,9,16-17,21H2,1-6H3,(H,39,43)(H,37,38,40). The third-order valence-corrected chi connectivity index (χ3v) is 8.20. The van der Waals surface area contributed by atoms with Crippen molar-refractivity contribution >= 4 is 28.9 Å². The first-order valence-corrected chi connectivity index (χ1v) is 15.3. The van der Waals surface area contributed by atoms with E-state index in [-0.39, 0.29) is 23.2 Å². The highest BCUT2D eigenvalue weighted by molar-refractivity contribution is 6.06. The Hall–Kier alpha value is -4.70. The van der Waals surface area contributed by atoms with Crippen LogP contribution in [0.4, 0.5) is 27.4 Å². The van der Waals surface area contributed by atoms with Crippen molar-refractivity contribution in [2.75, 3.05) is 49.3 Å². The van der Waals surface area contributed by atoms with E-state index in [4.69, 9.17) is 9.47 Å². The molecule has 1 unspecified atom stereocenters. The molecule has 1 aliphatic rings. The number of hydrogen-bond acceptors (Lipinski definition) is 8. The minimum atomic E-state index is -0.424. The summed E-state index contributed by atoms with van der Waals surface area (Å²) in [7, 11) is 3.65. The number of para-hydroxylation sites is 1. The number of amides is 1. The third kappa shape index (κ3) is 7.34. The molecule has 2 N–H and O–H groups in total. The Morgan fingerprint density at radius 1 is 1.07 bits per heavy atom. The minimum absolute atomic E-state index is 0.0290. The van der Waals surface area contributed by atoms with Crippen LogP contribution in [0.5, 0.6) is 17.4 Å². The lowest BCUT2D eigenvalue weighted by Crippen LogP contribution is -2.50. The summed E-state index contributed by atoms with van der Waals surface area (Å²) in [5.41, 5.74) is 4.83. The van der Waals surface area contributed by atoms with Crippen LogP contribution in [0.1, 0.15) is 47.3 Å². The molecule has 1 aliphatic heterocycles. The number of likely N-dealkylation sites (N-methyl/N-ethyl adjacent to an activating group) is 1. The van der Waals surface area contributed by atoms with Crippen LogP contribution in [0.25, 0.3) is 0 Å². The van der Waals surface area contributed by atoms with Gasteiger partial charge in [-0.1, -0.05) is 37.6 Å². The highest BCUT2D eigenvalue weighted by Gasteiger charge is 2.24. The molecule has 1 amide bonds. The number of hydrogen-bond donors (Lipinski definition) is 2. The molecule has 0 saturated carbocycles. The van der Waals surface area contributed by atoms with E-state index in [1.54, 1.807) is 25.3 Å². The number of carbonyl (C=O) groups is 1. The molecule has 1 saturated heterocycles. The quantitative estimate of drug-likeness (QED) is 0.196. The largest absolute Gasteiger partial charge is 0.493 e. The van der Waals surface area contributed by atoms with E-state index in [2.05, 4.69) is 51.3 Å². The van der Waals surface area contributed by atoms with E-state index in [0.717, 1.165) is 49.2 Å². The molecule has 0 aliphatic carbocycles. The summed E-state index contributed by atoms with van der Waals surface area (Å²) in [5, 5.41) is 6.06. The molecule has 3 aromatic carbocycles. The number of ether oxygens (including phenoxy) is 2. The molecule has 1 aromatic heterocycles. The third-order valence-electron chi connectivity index (χ3n) is 8.20. The van der Waals surface area contributed by atoms with Crippen LogP contribution in [0.2, 0.25) is 0 Å². The number of carbonyl (C=O) groups excluding carboxylic acids is 1. The van der Waals surface area contributed by atoms with Crippen LogP contribution < -0.4 is 25.0 Å². The van der Waals surface area contributed by atoms with E-state index < -0.39 is 5.91 Å². The molecule has 0 radical (unpaired) electrons. The predicted octanol–water partition coefficient (Wildman–Crippen LogP) is 7.12. The second-order valence-electron chi connectivity index (χ2n) is 11.5. The van der Waals surface area contributed by atoms with Gasteiger partial charge in [0, 0.05) is 43.2 Å². The second kappa shape index (κ2) is 13.9. The first-order chi connectivity index (χ1) is 21.7. The van der Waals surface area contributed by atoms with Crippen LogP contribution in [-0.4, -0.2) is 60.6 Å². The maximum atomic E-state index is 15.3. The fourth-order valence-electron chi connectivity index (χ4n) is 5.43. The van der Waals surface area contributed by atoms with Crippen LogP contribution in [0.3, 0.4) is 0 Å². The average Bonchev–Trinajstić information content (AvgIpc) is 3.01. The summed E-state index contributed by atoms with van der Waals surface area (Å²) in [6.45, 7) is 10.5. The van der Waals surface area contributed by atoms with Gasteiger partial charge in [0.25, 0.3) is 5.91 Å². The number of methoxy groups -OCH3 is 1. The van der Waals surface area contributed by atoms with Gasteiger partial charge in [-0.25, -0.2) is 9.37 Å². The highest BCUT2D eigenvalue weighted by atomic mass is 19.1. The van der Waals surface area contributed by atoms with E-state index in [0.29, 0.717) is 34.6 Å². The molecular formula is C35H41FN6O3. The Morgan fingerprint density at radius 3 is 2.53 bits per heavy atom. The fourth-order valence-corrected chi connectivity index (χ4v) is 5.43. The Morgan fingerprint density at radius 2 is 1.84 bits per heavy atom. The SMILES string of the molecule is CCCc1ccc(Oc2nc(Nc3ccc(N4CCN(C)C(C)C4)c(F)c3)ncc2C(=O)Nc2c(C)cccc2C)c(OC)c1. The number of aryl methyl sites for hydroxylation is 3. The molecule has 0 spiro atoms. The molecule has 0 bridgehead atoms. The van der Waals surface area contributed by atoms with Gasteiger partial charge < -0.3 is 29.9 Å². The Kier molecular flexibility index (Phi) is 9.83. The monoisotopic (exact) mass is 612 g/mol. The number of halogens is 1. The van der Waals surface area contributed by atoms with Gasteiger partial charge in [0.05, 0.1) is 12.8 Å². The van der Waals surface area contributed by atoms with Gasteiger partial charge in [-0.2, -0.15) is 4.98 Å². The van der Waals surface area contributed by atoms with Crippen LogP contribution in [0.15, 0.2) is 60.8 Å². The number of piperazine rings is 1. The molecule has 2 heterocycles. The Balaban J connectivity index is 1.45. The van der Waals surface area contributed by atoms with Gasteiger partial charge in [0.2, 0.25) is 11.8 Å². The summed E-state index contributed by atoms with van der Waals surface area (Å²) in [6, 6.07) is 16.8. The van der Waals surface area contributed by atoms with Crippen molar-refractivity contribution in [2.24, 2.45) is 0 Å². The number of nitrogens with one attached hydrogen (secondary N) is 2. The Bertz CT molecular complexity index is 1660. The summed E-state index contributed by atoms with van der Waals surface area (Å²) >= 11 is 0. The maximum absolute atomic E-state index is 15.3. The summed E-state index contributed by atoms with van der Waals surface area (Å²) < 4.78 is 27.2. The number of aromatic nitrogens is 2.